The van der Waals surface area contributed by atoms with Crippen molar-refractivity contribution in [3.05, 3.63) is 21.9 Å². The normalized spacial score (nSPS) is 10.8. The van der Waals surface area contributed by atoms with E-state index in [9.17, 15) is 0 Å². The van der Waals surface area contributed by atoms with Gasteiger partial charge in [0.25, 0.3) is 0 Å². The molecule has 3 heteroatoms. The van der Waals surface area contributed by atoms with Gasteiger partial charge in [0.05, 0.1) is 11.6 Å². The minimum Gasteiger partial charge on any atom is -0.372 e. The largest absolute Gasteiger partial charge is 0.372 e. The molecular weight excluding hydrogens is 264 g/mol. The van der Waals surface area contributed by atoms with Crippen molar-refractivity contribution in [1.82, 2.24) is 0 Å². The summed E-state index contributed by atoms with van der Waals surface area (Å²) < 4.78 is 0. The molecule has 1 aromatic heterocycles. The molecule has 1 rings (SSSR count). The monoisotopic (exact) mass is 292 g/mol. The first-order valence-corrected chi connectivity index (χ1v) is 8.64. The second-order valence-corrected chi connectivity index (χ2v) is 6.89. The van der Waals surface area contributed by atoms with E-state index in [0.717, 1.165) is 18.8 Å². The highest BCUT2D eigenvalue weighted by molar-refractivity contribution is 7.17. The molecule has 0 bridgehead atoms. The summed E-state index contributed by atoms with van der Waals surface area (Å²) in [5.41, 5.74) is 2.17. The molecule has 0 saturated carbocycles. The highest BCUT2D eigenvalue weighted by Gasteiger charge is 2.21. The Morgan fingerprint density at radius 2 is 1.70 bits per heavy atom. The standard InChI is InChI=1S/C17H28N2S/c1-7-9-11-19(12-10-8-2)17-16(18-6)15(13(3)4)14(5)20-17/h13H,7-12H2,1-5H3. The van der Waals surface area contributed by atoms with Gasteiger partial charge >= 0.3 is 0 Å². The van der Waals surface area contributed by atoms with Gasteiger partial charge in [0.2, 0.25) is 5.69 Å². The molecule has 20 heavy (non-hydrogen) atoms. The zero-order valence-corrected chi connectivity index (χ0v) is 14.4. The van der Waals surface area contributed by atoms with Crippen molar-refractivity contribution in [3.8, 4) is 0 Å². The fraction of sp³-hybridized carbons (Fsp3) is 0.706. The van der Waals surface area contributed by atoms with Crippen LogP contribution in [-0.2, 0) is 0 Å². The lowest BCUT2D eigenvalue weighted by atomic mass is 10.0. The summed E-state index contributed by atoms with van der Waals surface area (Å²) in [6, 6.07) is 0. The van der Waals surface area contributed by atoms with Crippen molar-refractivity contribution in [2.75, 3.05) is 18.0 Å². The molecule has 0 radical (unpaired) electrons. The molecule has 112 valence electrons. The van der Waals surface area contributed by atoms with E-state index in [4.69, 9.17) is 6.57 Å². The van der Waals surface area contributed by atoms with E-state index < -0.39 is 0 Å². The number of aryl methyl sites for hydroxylation is 1. The SMILES string of the molecule is [C-]#[N+]c1c(N(CCCC)CCCC)sc(C)c1C(C)C. The van der Waals surface area contributed by atoms with E-state index in [1.54, 1.807) is 0 Å². The number of anilines is 1. The number of unbranched alkanes of at least 4 members (excludes halogenated alkanes) is 2. The molecule has 0 unspecified atom stereocenters. The first kappa shape index (κ1) is 17.0. The Labute approximate surface area is 128 Å². The molecule has 1 aromatic rings. The maximum absolute atomic E-state index is 7.58. The summed E-state index contributed by atoms with van der Waals surface area (Å²) in [5.74, 6) is 0.434. The average Bonchev–Trinajstić information content (AvgIpc) is 2.75. The van der Waals surface area contributed by atoms with Crippen LogP contribution in [0.2, 0.25) is 0 Å². The Kier molecular flexibility index (Phi) is 7.09. The molecule has 0 aromatic carbocycles. The van der Waals surface area contributed by atoms with Crippen molar-refractivity contribution >= 4 is 22.0 Å². The molecule has 0 amide bonds. The molecule has 2 nitrogen and oxygen atoms in total. The molecule has 1 heterocycles. The van der Waals surface area contributed by atoms with Crippen LogP contribution in [0.4, 0.5) is 10.7 Å². The van der Waals surface area contributed by atoms with Gasteiger partial charge in [-0.3, -0.25) is 0 Å². The lowest BCUT2D eigenvalue weighted by molar-refractivity contribution is 0.682. The number of thiophene rings is 1. The van der Waals surface area contributed by atoms with Crippen LogP contribution in [0.15, 0.2) is 0 Å². The first-order chi connectivity index (χ1) is 9.56. The molecule has 0 aliphatic carbocycles. The highest BCUT2D eigenvalue weighted by Crippen LogP contribution is 2.45. The Morgan fingerprint density at radius 3 is 2.10 bits per heavy atom. The Hall–Kier alpha value is -1.01. The van der Waals surface area contributed by atoms with Crippen LogP contribution in [0.5, 0.6) is 0 Å². The Morgan fingerprint density at radius 1 is 1.15 bits per heavy atom. The van der Waals surface area contributed by atoms with Gasteiger partial charge in [-0.25, -0.2) is 4.85 Å². The second kappa shape index (κ2) is 8.32. The molecule has 0 N–H and O–H groups in total. The molecule has 0 fully saturated rings. The van der Waals surface area contributed by atoms with Gasteiger partial charge in [-0.2, -0.15) is 0 Å². The fourth-order valence-corrected chi connectivity index (χ4v) is 3.84. The van der Waals surface area contributed by atoms with Crippen molar-refractivity contribution in [3.63, 3.8) is 0 Å². The van der Waals surface area contributed by atoms with Gasteiger partial charge in [0.1, 0.15) is 0 Å². The number of hydrogen-bond donors (Lipinski definition) is 0. The van der Waals surface area contributed by atoms with E-state index in [1.165, 1.54) is 41.1 Å². The van der Waals surface area contributed by atoms with Gasteiger partial charge < -0.3 is 4.90 Å². The average molecular weight is 292 g/mol. The highest BCUT2D eigenvalue weighted by atomic mass is 32.1. The van der Waals surface area contributed by atoms with Gasteiger partial charge in [-0.1, -0.05) is 40.5 Å². The smallest absolute Gasteiger partial charge is 0.224 e. The Balaban J connectivity index is 3.12. The maximum atomic E-state index is 7.58. The third-order valence-electron chi connectivity index (χ3n) is 3.63. The quantitative estimate of drug-likeness (QED) is 0.522. The summed E-state index contributed by atoms with van der Waals surface area (Å²) in [6.45, 7) is 20.7. The predicted molar refractivity (Wildman–Crippen MR) is 91.4 cm³/mol. The summed E-state index contributed by atoms with van der Waals surface area (Å²) >= 11 is 1.82. The predicted octanol–water partition coefficient (Wildman–Crippen LogP) is 6.14. The maximum Gasteiger partial charge on any atom is 0.224 e. The van der Waals surface area contributed by atoms with Crippen LogP contribution < -0.4 is 4.90 Å². The third-order valence-corrected chi connectivity index (χ3v) is 4.80. The van der Waals surface area contributed by atoms with E-state index in [0.29, 0.717) is 5.92 Å². The van der Waals surface area contributed by atoms with Gasteiger partial charge in [0, 0.05) is 13.1 Å². The molecular formula is C17H28N2S. The zero-order valence-electron chi connectivity index (χ0n) is 13.6. The Bertz CT molecular complexity index is 446. The third kappa shape index (κ3) is 3.99. The molecule has 0 spiro atoms. The van der Waals surface area contributed by atoms with Crippen LogP contribution in [0.1, 0.15) is 69.7 Å². The molecule has 0 atom stereocenters. The number of rotatable bonds is 8. The second-order valence-electron chi connectivity index (χ2n) is 5.69. The summed E-state index contributed by atoms with van der Waals surface area (Å²) in [7, 11) is 0. The van der Waals surface area contributed by atoms with Gasteiger partial charge in [-0.15, -0.1) is 11.3 Å². The van der Waals surface area contributed by atoms with Crippen molar-refractivity contribution in [1.29, 1.82) is 0 Å². The molecule has 0 aliphatic heterocycles. The fourth-order valence-electron chi connectivity index (χ4n) is 2.55. The summed E-state index contributed by atoms with van der Waals surface area (Å²) in [5, 5.41) is 1.21. The van der Waals surface area contributed by atoms with Crippen LogP contribution in [-0.4, -0.2) is 13.1 Å². The van der Waals surface area contributed by atoms with E-state index in [2.05, 4.69) is 44.4 Å². The van der Waals surface area contributed by atoms with Crippen LogP contribution >= 0.6 is 11.3 Å². The van der Waals surface area contributed by atoms with Crippen molar-refractivity contribution < 1.29 is 0 Å². The molecule has 0 aliphatic rings. The van der Waals surface area contributed by atoms with E-state index >= 15 is 0 Å². The van der Waals surface area contributed by atoms with E-state index in [1.807, 2.05) is 11.3 Å². The number of nitrogens with zero attached hydrogens (tertiary/aromatic N) is 2. The summed E-state index contributed by atoms with van der Waals surface area (Å²) in [4.78, 5) is 7.64. The summed E-state index contributed by atoms with van der Waals surface area (Å²) in [6.07, 6.45) is 4.82. The molecule has 0 saturated heterocycles. The topological polar surface area (TPSA) is 7.60 Å². The van der Waals surface area contributed by atoms with Crippen LogP contribution in [0, 0.1) is 13.5 Å². The first-order valence-electron chi connectivity index (χ1n) is 7.82. The van der Waals surface area contributed by atoms with E-state index in [-0.39, 0.29) is 0 Å². The zero-order chi connectivity index (χ0) is 15.1. The van der Waals surface area contributed by atoms with Gasteiger partial charge in [-0.05, 0) is 36.1 Å². The minimum atomic E-state index is 0.434. The minimum absolute atomic E-state index is 0.434. The number of hydrogen-bond acceptors (Lipinski definition) is 2. The lowest BCUT2D eigenvalue weighted by Crippen LogP contribution is -2.24. The van der Waals surface area contributed by atoms with Crippen molar-refractivity contribution in [2.24, 2.45) is 0 Å². The van der Waals surface area contributed by atoms with Crippen LogP contribution in [0.25, 0.3) is 4.85 Å². The lowest BCUT2D eigenvalue weighted by Gasteiger charge is -2.24. The van der Waals surface area contributed by atoms with Gasteiger partial charge in [0.15, 0.2) is 0 Å². The van der Waals surface area contributed by atoms with Crippen molar-refractivity contribution in [2.45, 2.75) is 66.2 Å². The van der Waals surface area contributed by atoms with Crippen LogP contribution in [0.3, 0.4) is 0 Å².